The van der Waals surface area contributed by atoms with Crippen molar-refractivity contribution in [1.29, 1.82) is 0 Å². The van der Waals surface area contributed by atoms with Gasteiger partial charge >= 0.3 is 0 Å². The van der Waals surface area contributed by atoms with Gasteiger partial charge in [0.2, 0.25) is 0 Å². The van der Waals surface area contributed by atoms with Gasteiger partial charge < -0.3 is 5.32 Å². The van der Waals surface area contributed by atoms with Crippen LogP contribution < -0.4 is 5.32 Å². The Morgan fingerprint density at radius 2 is 2.07 bits per heavy atom. The zero-order chi connectivity index (χ0) is 10.6. The summed E-state index contributed by atoms with van der Waals surface area (Å²) in [4.78, 5) is 0. The van der Waals surface area contributed by atoms with Gasteiger partial charge in [-0.3, -0.25) is 0 Å². The average molecular weight is 189 g/mol. The van der Waals surface area contributed by atoms with Gasteiger partial charge in [-0.05, 0) is 31.9 Å². The molecule has 0 aromatic heterocycles. The molecule has 1 atom stereocenters. The molecule has 1 N–H and O–H groups in total. The summed E-state index contributed by atoms with van der Waals surface area (Å²) in [6, 6.07) is 8.87. The van der Waals surface area contributed by atoms with Crippen molar-refractivity contribution in [1.82, 2.24) is 5.32 Å². The number of aryl methyl sites for hydroxylation is 1. The summed E-state index contributed by atoms with van der Waals surface area (Å²) in [7, 11) is 0. The standard InChI is InChI=1S/C13H19N/c1-10(2)9-14-12(4)13-8-6-5-7-11(13)3/h5-8,12,14H,1,9H2,2-4H3. The molecule has 0 aliphatic rings. The quantitative estimate of drug-likeness (QED) is 0.717. The summed E-state index contributed by atoms with van der Waals surface area (Å²) in [5.41, 5.74) is 3.88. The van der Waals surface area contributed by atoms with Crippen LogP contribution in [0.5, 0.6) is 0 Å². The molecule has 14 heavy (non-hydrogen) atoms. The van der Waals surface area contributed by atoms with Gasteiger partial charge in [0.15, 0.2) is 0 Å². The maximum Gasteiger partial charge on any atom is 0.0297 e. The topological polar surface area (TPSA) is 12.0 Å². The molecule has 1 nitrogen and oxygen atoms in total. The molecule has 76 valence electrons. The minimum Gasteiger partial charge on any atom is -0.306 e. The van der Waals surface area contributed by atoms with E-state index < -0.39 is 0 Å². The number of benzene rings is 1. The highest BCUT2D eigenvalue weighted by Gasteiger charge is 2.05. The van der Waals surface area contributed by atoms with Gasteiger partial charge in [0.05, 0.1) is 0 Å². The first-order valence-electron chi connectivity index (χ1n) is 5.04. The van der Waals surface area contributed by atoms with Crippen LogP contribution in [0.4, 0.5) is 0 Å². The third-order valence-corrected chi connectivity index (χ3v) is 2.36. The summed E-state index contributed by atoms with van der Waals surface area (Å²) >= 11 is 0. The second-order valence-corrected chi connectivity index (χ2v) is 3.92. The van der Waals surface area contributed by atoms with Gasteiger partial charge in [-0.25, -0.2) is 0 Å². The van der Waals surface area contributed by atoms with Crippen LogP contribution in [0.25, 0.3) is 0 Å². The number of hydrogen-bond donors (Lipinski definition) is 1. The van der Waals surface area contributed by atoms with Gasteiger partial charge in [0, 0.05) is 12.6 Å². The van der Waals surface area contributed by atoms with Crippen LogP contribution in [0.15, 0.2) is 36.4 Å². The largest absolute Gasteiger partial charge is 0.306 e. The van der Waals surface area contributed by atoms with Crippen molar-refractivity contribution < 1.29 is 0 Å². The molecule has 1 unspecified atom stereocenters. The maximum atomic E-state index is 3.88. The van der Waals surface area contributed by atoms with E-state index in [-0.39, 0.29) is 0 Å². The van der Waals surface area contributed by atoms with E-state index in [1.807, 2.05) is 6.92 Å². The van der Waals surface area contributed by atoms with Crippen molar-refractivity contribution >= 4 is 0 Å². The molecule has 0 saturated heterocycles. The van der Waals surface area contributed by atoms with Gasteiger partial charge in [-0.15, -0.1) is 0 Å². The third-order valence-electron chi connectivity index (χ3n) is 2.36. The van der Waals surface area contributed by atoms with Crippen LogP contribution in [0.2, 0.25) is 0 Å². The normalized spacial score (nSPS) is 12.5. The van der Waals surface area contributed by atoms with E-state index in [1.165, 1.54) is 16.7 Å². The Labute approximate surface area is 86.8 Å². The lowest BCUT2D eigenvalue weighted by Gasteiger charge is -2.16. The van der Waals surface area contributed by atoms with E-state index in [2.05, 4.69) is 50.0 Å². The van der Waals surface area contributed by atoms with Crippen LogP contribution >= 0.6 is 0 Å². The molecule has 0 saturated carbocycles. The average Bonchev–Trinajstić information content (AvgIpc) is 2.15. The van der Waals surface area contributed by atoms with Gasteiger partial charge in [-0.2, -0.15) is 0 Å². The molecule has 1 aromatic rings. The van der Waals surface area contributed by atoms with Crippen LogP contribution in [-0.2, 0) is 0 Å². The van der Waals surface area contributed by atoms with Crippen molar-refractivity contribution in [3.05, 3.63) is 47.5 Å². The van der Waals surface area contributed by atoms with Gasteiger partial charge in [-0.1, -0.05) is 36.4 Å². The predicted octanol–water partition coefficient (Wildman–Crippen LogP) is 3.22. The fraction of sp³-hybridized carbons (Fsp3) is 0.385. The Morgan fingerprint density at radius 1 is 1.43 bits per heavy atom. The zero-order valence-electron chi connectivity index (χ0n) is 9.30. The van der Waals surface area contributed by atoms with Crippen molar-refractivity contribution in [2.24, 2.45) is 0 Å². The molecule has 0 aliphatic carbocycles. The Morgan fingerprint density at radius 3 is 2.64 bits per heavy atom. The van der Waals surface area contributed by atoms with Gasteiger partial charge in [0.1, 0.15) is 0 Å². The van der Waals surface area contributed by atoms with Crippen LogP contribution in [0.1, 0.15) is 31.0 Å². The second-order valence-electron chi connectivity index (χ2n) is 3.92. The molecular formula is C13H19N. The van der Waals surface area contributed by atoms with E-state index in [0.717, 1.165) is 6.54 Å². The predicted molar refractivity (Wildman–Crippen MR) is 62.4 cm³/mol. The molecule has 1 heteroatoms. The molecule has 0 bridgehead atoms. The summed E-state index contributed by atoms with van der Waals surface area (Å²) in [6.45, 7) is 11.1. The molecule has 0 aliphatic heterocycles. The van der Waals surface area contributed by atoms with Crippen LogP contribution in [-0.4, -0.2) is 6.54 Å². The summed E-state index contributed by atoms with van der Waals surface area (Å²) in [5.74, 6) is 0. The fourth-order valence-electron chi connectivity index (χ4n) is 1.51. The lowest BCUT2D eigenvalue weighted by atomic mass is 10.0. The summed E-state index contributed by atoms with van der Waals surface area (Å²) in [5, 5.41) is 3.44. The highest BCUT2D eigenvalue weighted by molar-refractivity contribution is 5.28. The van der Waals surface area contributed by atoms with E-state index in [0.29, 0.717) is 6.04 Å². The Hall–Kier alpha value is -1.08. The molecule has 1 aromatic carbocycles. The van der Waals surface area contributed by atoms with Crippen LogP contribution in [0, 0.1) is 6.92 Å². The Bertz CT molecular complexity index is 315. The van der Waals surface area contributed by atoms with E-state index >= 15 is 0 Å². The Balaban J connectivity index is 2.65. The highest BCUT2D eigenvalue weighted by atomic mass is 14.9. The highest BCUT2D eigenvalue weighted by Crippen LogP contribution is 2.16. The summed E-state index contributed by atoms with van der Waals surface area (Å²) < 4.78 is 0. The third kappa shape index (κ3) is 3.00. The lowest BCUT2D eigenvalue weighted by molar-refractivity contribution is 0.604. The minimum atomic E-state index is 0.396. The zero-order valence-corrected chi connectivity index (χ0v) is 9.30. The van der Waals surface area contributed by atoms with E-state index in [1.54, 1.807) is 0 Å². The first-order chi connectivity index (χ1) is 6.61. The molecular weight excluding hydrogens is 170 g/mol. The van der Waals surface area contributed by atoms with E-state index in [4.69, 9.17) is 0 Å². The summed E-state index contributed by atoms with van der Waals surface area (Å²) in [6.07, 6.45) is 0. The number of rotatable bonds is 4. The smallest absolute Gasteiger partial charge is 0.0297 e. The first-order valence-corrected chi connectivity index (χ1v) is 5.04. The number of hydrogen-bond acceptors (Lipinski definition) is 1. The Kier molecular flexibility index (Phi) is 3.90. The SMILES string of the molecule is C=C(C)CNC(C)c1ccccc1C. The van der Waals surface area contributed by atoms with E-state index in [9.17, 15) is 0 Å². The lowest BCUT2D eigenvalue weighted by Crippen LogP contribution is -2.20. The molecule has 0 heterocycles. The number of nitrogens with one attached hydrogen (secondary N) is 1. The first kappa shape index (κ1) is 11.0. The fourth-order valence-corrected chi connectivity index (χ4v) is 1.51. The van der Waals surface area contributed by atoms with Crippen molar-refractivity contribution in [2.45, 2.75) is 26.8 Å². The molecule has 0 amide bonds. The maximum absolute atomic E-state index is 3.88. The van der Waals surface area contributed by atoms with Crippen LogP contribution in [0.3, 0.4) is 0 Å². The minimum absolute atomic E-state index is 0.396. The monoisotopic (exact) mass is 189 g/mol. The molecule has 1 rings (SSSR count). The van der Waals surface area contributed by atoms with Gasteiger partial charge in [0.25, 0.3) is 0 Å². The molecule has 0 radical (unpaired) electrons. The van der Waals surface area contributed by atoms with Crippen molar-refractivity contribution in [3.8, 4) is 0 Å². The second kappa shape index (κ2) is 4.97. The molecule has 0 spiro atoms. The van der Waals surface area contributed by atoms with Crippen molar-refractivity contribution in [2.75, 3.05) is 6.54 Å². The molecule has 0 fully saturated rings. The van der Waals surface area contributed by atoms with Crippen molar-refractivity contribution in [3.63, 3.8) is 0 Å².